The number of hydrogen-bond acceptors (Lipinski definition) is 2. The number of ether oxygens (including phenoxy) is 1. The Morgan fingerprint density at radius 1 is 1.44 bits per heavy atom. The molecule has 0 heterocycles. The van der Waals surface area contributed by atoms with E-state index in [0.717, 1.165) is 25.0 Å². The van der Waals surface area contributed by atoms with Crippen molar-refractivity contribution in [2.24, 2.45) is 10.9 Å². The zero-order chi connectivity index (χ0) is 11.8. The van der Waals surface area contributed by atoms with Gasteiger partial charge in [-0.3, -0.25) is 4.99 Å². The lowest BCUT2D eigenvalue weighted by Gasteiger charge is -2.10. The highest BCUT2D eigenvalue weighted by Gasteiger charge is 2.36. The largest absolute Gasteiger partial charge is 0.383 e. The Morgan fingerprint density at radius 3 is 2.88 bits per heavy atom. The molecule has 0 bridgehead atoms. The molecule has 1 fully saturated rings. The first-order valence-electron chi connectivity index (χ1n) is 6.35. The van der Waals surface area contributed by atoms with Crippen molar-refractivity contribution in [3.8, 4) is 0 Å². The van der Waals surface area contributed by atoms with Crippen LogP contribution in [0, 0.1) is 5.92 Å². The van der Waals surface area contributed by atoms with Crippen LogP contribution in [-0.4, -0.2) is 38.8 Å². The highest BCUT2D eigenvalue weighted by molar-refractivity contribution is 5.80. The van der Waals surface area contributed by atoms with Crippen molar-refractivity contribution in [3.63, 3.8) is 0 Å². The molecular weight excluding hydrogens is 202 g/mol. The third-order valence-electron chi connectivity index (χ3n) is 2.81. The Morgan fingerprint density at radius 2 is 2.25 bits per heavy atom. The molecule has 0 radical (unpaired) electrons. The van der Waals surface area contributed by atoms with E-state index in [9.17, 15) is 0 Å². The minimum Gasteiger partial charge on any atom is -0.383 e. The average molecular weight is 227 g/mol. The zero-order valence-corrected chi connectivity index (χ0v) is 10.8. The Bertz CT molecular complexity index is 218. The number of guanidine groups is 1. The summed E-state index contributed by atoms with van der Waals surface area (Å²) >= 11 is 0. The minimum atomic E-state index is 0.639. The molecule has 4 nitrogen and oxygen atoms in total. The maximum Gasteiger partial charge on any atom is 0.191 e. The van der Waals surface area contributed by atoms with E-state index in [0.29, 0.717) is 12.6 Å². The van der Waals surface area contributed by atoms with E-state index in [1.54, 1.807) is 7.11 Å². The van der Waals surface area contributed by atoms with E-state index in [-0.39, 0.29) is 0 Å². The number of nitrogens with one attached hydrogen (secondary N) is 2. The third kappa shape index (κ3) is 4.84. The summed E-state index contributed by atoms with van der Waals surface area (Å²) in [5.74, 6) is 1.79. The first-order chi connectivity index (χ1) is 7.81. The smallest absolute Gasteiger partial charge is 0.191 e. The lowest BCUT2D eigenvalue weighted by molar-refractivity contribution is 0.208. The van der Waals surface area contributed by atoms with Crippen LogP contribution < -0.4 is 10.6 Å². The quantitative estimate of drug-likeness (QED) is 0.392. The van der Waals surface area contributed by atoms with Crippen LogP contribution in [0.15, 0.2) is 4.99 Å². The standard InChI is InChI=1S/C12H25N3O/c1-4-6-10-9-11(10)15-12(13-5-2)14-7-8-16-3/h10-11H,4-9H2,1-3H3,(H2,13,14,15). The summed E-state index contributed by atoms with van der Waals surface area (Å²) in [6, 6.07) is 0.639. The first-order valence-corrected chi connectivity index (χ1v) is 6.35. The second kappa shape index (κ2) is 7.49. The van der Waals surface area contributed by atoms with Crippen molar-refractivity contribution in [1.29, 1.82) is 0 Å². The summed E-state index contributed by atoms with van der Waals surface area (Å²) in [5, 5.41) is 6.73. The number of hydrogen-bond donors (Lipinski definition) is 2. The fourth-order valence-electron chi connectivity index (χ4n) is 1.86. The monoisotopic (exact) mass is 227 g/mol. The van der Waals surface area contributed by atoms with Crippen molar-refractivity contribution >= 4 is 5.96 Å². The van der Waals surface area contributed by atoms with Crippen LogP contribution in [0.5, 0.6) is 0 Å². The SMILES string of the molecule is CCCC1CC1NC(=NCCOC)NCC. The Kier molecular flexibility index (Phi) is 6.23. The number of rotatable bonds is 7. The van der Waals surface area contributed by atoms with Gasteiger partial charge in [-0.2, -0.15) is 0 Å². The molecular formula is C12H25N3O. The number of aliphatic imine (C=N–C) groups is 1. The lowest BCUT2D eigenvalue weighted by atomic mass is 10.2. The van der Waals surface area contributed by atoms with E-state index in [1.807, 2.05) is 0 Å². The fourth-order valence-corrected chi connectivity index (χ4v) is 1.86. The molecule has 0 aliphatic heterocycles. The fraction of sp³-hybridized carbons (Fsp3) is 0.917. The van der Waals surface area contributed by atoms with Crippen LogP contribution >= 0.6 is 0 Å². The van der Waals surface area contributed by atoms with Crippen LogP contribution in [0.25, 0.3) is 0 Å². The van der Waals surface area contributed by atoms with E-state index in [2.05, 4.69) is 29.5 Å². The van der Waals surface area contributed by atoms with Crippen LogP contribution in [0.1, 0.15) is 33.1 Å². The van der Waals surface area contributed by atoms with Gasteiger partial charge in [0.2, 0.25) is 0 Å². The summed E-state index contributed by atoms with van der Waals surface area (Å²) in [6.45, 7) is 6.64. The molecule has 2 N–H and O–H groups in total. The molecule has 4 heteroatoms. The van der Waals surface area contributed by atoms with Crippen LogP contribution in [0.2, 0.25) is 0 Å². The second-order valence-corrected chi connectivity index (χ2v) is 4.29. The predicted octanol–water partition coefficient (Wildman–Crippen LogP) is 1.38. The highest BCUT2D eigenvalue weighted by Crippen LogP contribution is 2.34. The second-order valence-electron chi connectivity index (χ2n) is 4.29. The van der Waals surface area contributed by atoms with Crippen molar-refractivity contribution < 1.29 is 4.74 Å². The number of methoxy groups -OCH3 is 1. The van der Waals surface area contributed by atoms with Gasteiger partial charge in [-0.1, -0.05) is 13.3 Å². The van der Waals surface area contributed by atoms with Crippen molar-refractivity contribution in [2.75, 3.05) is 26.8 Å². The summed E-state index contributed by atoms with van der Waals surface area (Å²) in [6.07, 6.45) is 3.90. The molecule has 2 atom stereocenters. The van der Waals surface area contributed by atoms with Gasteiger partial charge in [0.15, 0.2) is 5.96 Å². The predicted molar refractivity (Wildman–Crippen MR) is 67.8 cm³/mol. The number of nitrogens with zero attached hydrogens (tertiary/aromatic N) is 1. The lowest BCUT2D eigenvalue weighted by Crippen LogP contribution is -2.39. The topological polar surface area (TPSA) is 45.7 Å². The maximum atomic E-state index is 4.99. The van der Waals surface area contributed by atoms with E-state index < -0.39 is 0 Å². The van der Waals surface area contributed by atoms with Gasteiger partial charge in [-0.05, 0) is 25.7 Å². The van der Waals surface area contributed by atoms with Crippen molar-refractivity contribution in [3.05, 3.63) is 0 Å². The van der Waals surface area contributed by atoms with Crippen LogP contribution in [0.4, 0.5) is 0 Å². The minimum absolute atomic E-state index is 0.639. The molecule has 1 rings (SSSR count). The van der Waals surface area contributed by atoms with Gasteiger partial charge in [0.25, 0.3) is 0 Å². The van der Waals surface area contributed by atoms with Gasteiger partial charge < -0.3 is 15.4 Å². The molecule has 1 saturated carbocycles. The molecule has 16 heavy (non-hydrogen) atoms. The van der Waals surface area contributed by atoms with Gasteiger partial charge in [-0.15, -0.1) is 0 Å². The zero-order valence-electron chi connectivity index (χ0n) is 10.8. The molecule has 0 saturated heterocycles. The Balaban J connectivity index is 2.25. The molecule has 0 amide bonds. The summed E-state index contributed by atoms with van der Waals surface area (Å²) in [4.78, 5) is 4.45. The molecule has 1 aliphatic carbocycles. The van der Waals surface area contributed by atoms with Gasteiger partial charge >= 0.3 is 0 Å². The van der Waals surface area contributed by atoms with Crippen LogP contribution in [0.3, 0.4) is 0 Å². The van der Waals surface area contributed by atoms with Gasteiger partial charge in [0.1, 0.15) is 0 Å². The molecule has 94 valence electrons. The first kappa shape index (κ1) is 13.3. The molecule has 0 spiro atoms. The Hall–Kier alpha value is -0.770. The Labute approximate surface area is 98.9 Å². The van der Waals surface area contributed by atoms with Gasteiger partial charge in [0, 0.05) is 19.7 Å². The summed E-state index contributed by atoms with van der Waals surface area (Å²) in [7, 11) is 1.70. The van der Waals surface area contributed by atoms with E-state index >= 15 is 0 Å². The van der Waals surface area contributed by atoms with Gasteiger partial charge in [-0.25, -0.2) is 0 Å². The maximum absolute atomic E-state index is 4.99. The van der Waals surface area contributed by atoms with E-state index in [1.165, 1.54) is 19.3 Å². The average Bonchev–Trinajstić information content (AvgIpc) is 2.98. The molecule has 1 aliphatic rings. The molecule has 2 unspecified atom stereocenters. The summed E-state index contributed by atoms with van der Waals surface area (Å²) < 4.78 is 4.99. The molecule has 0 aromatic heterocycles. The molecule has 0 aromatic rings. The highest BCUT2D eigenvalue weighted by atomic mass is 16.5. The van der Waals surface area contributed by atoms with Crippen LogP contribution in [-0.2, 0) is 4.74 Å². The normalized spacial score (nSPS) is 24.3. The van der Waals surface area contributed by atoms with Gasteiger partial charge in [0.05, 0.1) is 13.2 Å². The third-order valence-corrected chi connectivity index (χ3v) is 2.81. The summed E-state index contributed by atoms with van der Waals surface area (Å²) in [5.41, 5.74) is 0. The van der Waals surface area contributed by atoms with E-state index in [4.69, 9.17) is 4.74 Å². The molecule has 0 aromatic carbocycles. The van der Waals surface area contributed by atoms with Crippen molar-refractivity contribution in [1.82, 2.24) is 10.6 Å². The van der Waals surface area contributed by atoms with Crippen molar-refractivity contribution in [2.45, 2.75) is 39.2 Å².